The van der Waals surface area contributed by atoms with Crippen LogP contribution in [-0.2, 0) is 16.0 Å². The van der Waals surface area contributed by atoms with Crippen LogP contribution in [0.4, 0.5) is 0 Å². The zero-order valence-corrected chi connectivity index (χ0v) is 17.8. The SMILES string of the molecule is CC1(C)Cc2cccc(OCC(=O)NCC3(N4CCOCC4)CCCCC3)c2O1. The van der Waals surface area contributed by atoms with Gasteiger partial charge < -0.3 is 19.5 Å². The summed E-state index contributed by atoms with van der Waals surface area (Å²) in [4.78, 5) is 15.1. The highest BCUT2D eigenvalue weighted by atomic mass is 16.5. The normalized spacial score (nSPS) is 23.1. The van der Waals surface area contributed by atoms with E-state index in [0.29, 0.717) is 12.3 Å². The van der Waals surface area contributed by atoms with Crippen LogP contribution in [0, 0.1) is 0 Å². The summed E-state index contributed by atoms with van der Waals surface area (Å²) in [5, 5.41) is 3.16. The van der Waals surface area contributed by atoms with E-state index in [2.05, 4.69) is 30.1 Å². The predicted molar refractivity (Wildman–Crippen MR) is 112 cm³/mol. The van der Waals surface area contributed by atoms with Crippen LogP contribution in [-0.4, -0.2) is 61.4 Å². The van der Waals surface area contributed by atoms with E-state index >= 15 is 0 Å². The second-order valence-electron chi connectivity index (χ2n) is 9.23. The van der Waals surface area contributed by atoms with Crippen LogP contribution < -0.4 is 14.8 Å². The van der Waals surface area contributed by atoms with Gasteiger partial charge in [0.1, 0.15) is 5.60 Å². The summed E-state index contributed by atoms with van der Waals surface area (Å²) in [7, 11) is 0. The quantitative estimate of drug-likeness (QED) is 0.793. The molecule has 0 spiro atoms. The number of hydrogen-bond donors (Lipinski definition) is 1. The second-order valence-corrected chi connectivity index (χ2v) is 9.23. The molecule has 160 valence electrons. The standard InChI is InChI=1S/C23H34N2O4/c1-22(2)15-18-7-6-8-19(21(18)29-22)28-16-20(26)24-17-23(9-4-3-5-10-23)25-11-13-27-14-12-25/h6-8H,3-5,9-17H2,1-2H3,(H,24,26). The lowest BCUT2D eigenvalue weighted by Gasteiger charge is -2.48. The molecule has 0 radical (unpaired) electrons. The topological polar surface area (TPSA) is 60.0 Å². The largest absolute Gasteiger partial charge is 0.483 e. The smallest absolute Gasteiger partial charge is 0.258 e. The van der Waals surface area contributed by atoms with Gasteiger partial charge >= 0.3 is 0 Å². The lowest BCUT2D eigenvalue weighted by atomic mass is 9.79. The number of benzene rings is 1. The highest BCUT2D eigenvalue weighted by Crippen LogP contribution is 2.41. The van der Waals surface area contributed by atoms with Gasteiger partial charge in [-0.2, -0.15) is 0 Å². The van der Waals surface area contributed by atoms with Gasteiger partial charge in [-0.05, 0) is 32.8 Å². The highest BCUT2D eigenvalue weighted by Gasteiger charge is 2.39. The molecular formula is C23H34N2O4. The van der Waals surface area contributed by atoms with E-state index in [-0.39, 0.29) is 23.7 Å². The van der Waals surface area contributed by atoms with E-state index in [9.17, 15) is 4.79 Å². The van der Waals surface area contributed by atoms with Crippen molar-refractivity contribution in [3.63, 3.8) is 0 Å². The van der Waals surface area contributed by atoms with Gasteiger partial charge in [0.2, 0.25) is 0 Å². The maximum Gasteiger partial charge on any atom is 0.258 e. The maximum atomic E-state index is 12.6. The third-order valence-electron chi connectivity index (χ3n) is 6.49. The van der Waals surface area contributed by atoms with Crippen molar-refractivity contribution in [3.05, 3.63) is 23.8 Å². The second kappa shape index (κ2) is 8.52. The molecule has 0 unspecified atom stereocenters. The third kappa shape index (κ3) is 4.69. The van der Waals surface area contributed by atoms with Gasteiger partial charge in [-0.15, -0.1) is 0 Å². The van der Waals surface area contributed by atoms with Gasteiger partial charge in [0.25, 0.3) is 5.91 Å². The summed E-state index contributed by atoms with van der Waals surface area (Å²) in [5.41, 5.74) is 0.982. The molecule has 1 aliphatic carbocycles. The molecule has 6 heteroatoms. The minimum Gasteiger partial charge on any atom is -0.483 e. The van der Waals surface area contributed by atoms with Crippen LogP contribution in [0.2, 0.25) is 0 Å². The monoisotopic (exact) mass is 402 g/mol. The minimum absolute atomic E-state index is 0.0133. The fraction of sp³-hybridized carbons (Fsp3) is 0.696. The molecule has 2 fully saturated rings. The molecule has 1 saturated heterocycles. The summed E-state index contributed by atoms with van der Waals surface area (Å²) >= 11 is 0. The van der Waals surface area contributed by atoms with Crippen molar-refractivity contribution in [2.75, 3.05) is 39.5 Å². The number of morpholine rings is 1. The third-order valence-corrected chi connectivity index (χ3v) is 6.49. The zero-order valence-electron chi connectivity index (χ0n) is 17.8. The molecule has 1 amide bonds. The predicted octanol–water partition coefficient (Wildman–Crippen LogP) is 2.93. The molecule has 1 aromatic carbocycles. The summed E-state index contributed by atoms with van der Waals surface area (Å²) in [6.07, 6.45) is 6.89. The summed E-state index contributed by atoms with van der Waals surface area (Å²) in [6.45, 7) is 8.32. The van der Waals surface area contributed by atoms with Gasteiger partial charge in [0, 0.05) is 37.2 Å². The molecule has 1 saturated carbocycles. The van der Waals surface area contributed by atoms with Gasteiger partial charge in [0.15, 0.2) is 18.1 Å². The lowest BCUT2D eigenvalue weighted by Crippen LogP contribution is -2.60. The molecular weight excluding hydrogens is 368 g/mol. The number of amides is 1. The van der Waals surface area contributed by atoms with Crippen molar-refractivity contribution in [1.82, 2.24) is 10.2 Å². The van der Waals surface area contributed by atoms with Crippen LogP contribution in [0.1, 0.15) is 51.5 Å². The first-order valence-electron chi connectivity index (χ1n) is 11.0. The summed E-state index contributed by atoms with van der Waals surface area (Å²) in [5.74, 6) is 1.37. The molecule has 0 bridgehead atoms. The van der Waals surface area contributed by atoms with E-state index in [1.807, 2.05) is 12.1 Å². The number of hydrogen-bond acceptors (Lipinski definition) is 5. The fourth-order valence-electron chi connectivity index (χ4n) is 5.01. The van der Waals surface area contributed by atoms with E-state index in [0.717, 1.165) is 56.9 Å². The van der Waals surface area contributed by atoms with Gasteiger partial charge in [-0.25, -0.2) is 0 Å². The van der Waals surface area contributed by atoms with E-state index in [1.165, 1.54) is 19.3 Å². The number of nitrogens with one attached hydrogen (secondary N) is 1. The maximum absolute atomic E-state index is 12.6. The molecule has 29 heavy (non-hydrogen) atoms. The van der Waals surface area contributed by atoms with Crippen LogP contribution in [0.25, 0.3) is 0 Å². The molecule has 0 atom stereocenters. The Kier molecular flexibility index (Phi) is 6.02. The summed E-state index contributed by atoms with van der Waals surface area (Å²) in [6, 6.07) is 5.91. The Morgan fingerprint density at radius 1 is 1.17 bits per heavy atom. The molecule has 0 aromatic heterocycles. The van der Waals surface area contributed by atoms with Crippen LogP contribution >= 0.6 is 0 Å². The highest BCUT2D eigenvalue weighted by molar-refractivity contribution is 5.77. The number of rotatable bonds is 6. The Bertz CT molecular complexity index is 722. The van der Waals surface area contributed by atoms with E-state index in [4.69, 9.17) is 14.2 Å². The van der Waals surface area contributed by atoms with E-state index in [1.54, 1.807) is 0 Å². The van der Waals surface area contributed by atoms with Crippen LogP contribution in [0.5, 0.6) is 11.5 Å². The number of nitrogens with zero attached hydrogens (tertiary/aromatic N) is 1. The Balaban J connectivity index is 1.33. The molecule has 6 nitrogen and oxygen atoms in total. The Labute approximate surface area is 173 Å². The molecule has 1 aromatic rings. The van der Waals surface area contributed by atoms with Gasteiger partial charge in [0.05, 0.1) is 13.2 Å². The first-order chi connectivity index (χ1) is 14.0. The number of fused-ring (bicyclic) bond motifs is 1. The number of ether oxygens (including phenoxy) is 3. The van der Waals surface area contributed by atoms with Crippen LogP contribution in [0.15, 0.2) is 18.2 Å². The first-order valence-corrected chi connectivity index (χ1v) is 11.0. The Morgan fingerprint density at radius 2 is 1.93 bits per heavy atom. The van der Waals surface area contributed by atoms with Crippen molar-refractivity contribution < 1.29 is 19.0 Å². The zero-order chi connectivity index (χ0) is 20.3. The number of carbonyl (C=O) groups is 1. The average Bonchev–Trinajstić information content (AvgIpc) is 3.06. The average molecular weight is 403 g/mol. The van der Waals surface area contributed by atoms with Crippen molar-refractivity contribution in [3.8, 4) is 11.5 Å². The van der Waals surface area contributed by atoms with Crippen LogP contribution in [0.3, 0.4) is 0 Å². The molecule has 2 heterocycles. The Morgan fingerprint density at radius 3 is 2.69 bits per heavy atom. The minimum atomic E-state index is -0.227. The number of para-hydroxylation sites is 1. The molecule has 2 aliphatic heterocycles. The Hall–Kier alpha value is -1.79. The van der Waals surface area contributed by atoms with Crippen molar-refractivity contribution in [1.29, 1.82) is 0 Å². The molecule has 4 rings (SSSR count). The first kappa shape index (κ1) is 20.5. The van der Waals surface area contributed by atoms with Crippen molar-refractivity contribution in [2.45, 2.75) is 63.5 Å². The molecule has 3 aliphatic rings. The van der Waals surface area contributed by atoms with Gasteiger partial charge in [-0.1, -0.05) is 31.4 Å². The molecule has 1 N–H and O–H groups in total. The summed E-state index contributed by atoms with van der Waals surface area (Å²) < 4.78 is 17.4. The number of carbonyl (C=O) groups excluding carboxylic acids is 1. The van der Waals surface area contributed by atoms with Gasteiger partial charge in [-0.3, -0.25) is 9.69 Å². The lowest BCUT2D eigenvalue weighted by molar-refractivity contribution is -0.124. The van der Waals surface area contributed by atoms with Crippen molar-refractivity contribution in [2.24, 2.45) is 0 Å². The van der Waals surface area contributed by atoms with Crippen molar-refractivity contribution >= 4 is 5.91 Å². The van der Waals surface area contributed by atoms with E-state index < -0.39 is 0 Å². The fourth-order valence-corrected chi connectivity index (χ4v) is 5.01.